The van der Waals surface area contributed by atoms with Crippen molar-refractivity contribution in [3.63, 3.8) is 0 Å². The van der Waals surface area contributed by atoms with Crippen molar-refractivity contribution < 1.29 is 37.3 Å². The third-order valence-corrected chi connectivity index (χ3v) is 11.7. The molecule has 0 aromatic carbocycles. The number of phosphoric ester groups is 1. The maximum Gasteiger partial charge on any atom is 0.472 e. The van der Waals surface area contributed by atoms with Gasteiger partial charge < -0.3 is 18.9 Å². The molecule has 1 N–H and O–H groups in total. The van der Waals surface area contributed by atoms with Crippen LogP contribution in [0.4, 0.5) is 0 Å². The summed E-state index contributed by atoms with van der Waals surface area (Å²) in [6, 6.07) is 0. The highest BCUT2D eigenvalue weighted by atomic mass is 31.2. The van der Waals surface area contributed by atoms with Gasteiger partial charge in [-0.1, -0.05) is 179 Å². The van der Waals surface area contributed by atoms with Gasteiger partial charge in [-0.3, -0.25) is 13.8 Å². The molecule has 2 atom stereocenters. The van der Waals surface area contributed by atoms with Gasteiger partial charge in [-0.05, 0) is 70.6 Å². The molecule has 0 radical (unpaired) electrons. The lowest BCUT2D eigenvalue weighted by atomic mass is 10.0. The van der Waals surface area contributed by atoms with E-state index in [-0.39, 0.29) is 25.8 Å². The Balaban J connectivity index is 4.09. The highest BCUT2D eigenvalue weighted by Crippen LogP contribution is 2.43. The standard InChI is InChI=1S/C50H96NO7P/c1-6-8-10-12-14-16-18-20-21-22-23-24-25-26-27-28-29-30-32-34-36-38-40-42-45-55-47-49(48-57-59(53,54)56-46-44-51(3,4)5)58-50(52)43-41-39-37-35-33-31-19-17-15-13-11-9-7-2/h17-20,22-23,49H,6-16,21,24-48H2,1-5H3/p+1/b19-17-,20-18-,23-22-. The van der Waals surface area contributed by atoms with Crippen LogP contribution in [0.15, 0.2) is 36.5 Å². The molecule has 0 saturated heterocycles. The summed E-state index contributed by atoms with van der Waals surface area (Å²) in [6.07, 6.45) is 51.9. The van der Waals surface area contributed by atoms with Crippen molar-refractivity contribution in [2.75, 3.05) is 54.1 Å². The van der Waals surface area contributed by atoms with Crippen LogP contribution in [0.2, 0.25) is 0 Å². The molecule has 0 aliphatic heterocycles. The molecule has 9 heteroatoms. The van der Waals surface area contributed by atoms with Crippen LogP contribution < -0.4 is 0 Å². The first kappa shape index (κ1) is 57.7. The van der Waals surface area contributed by atoms with Crippen molar-refractivity contribution in [3.05, 3.63) is 36.5 Å². The predicted octanol–water partition coefficient (Wildman–Crippen LogP) is 14.9. The molecular weight excluding hydrogens is 758 g/mol. The van der Waals surface area contributed by atoms with Crippen LogP contribution in [0, 0.1) is 0 Å². The summed E-state index contributed by atoms with van der Waals surface area (Å²) in [6.45, 7) is 5.60. The fraction of sp³-hybridized carbons (Fsp3) is 0.860. The van der Waals surface area contributed by atoms with Gasteiger partial charge in [-0.2, -0.15) is 0 Å². The van der Waals surface area contributed by atoms with Crippen LogP contribution in [-0.2, 0) is 27.9 Å². The molecular formula is C50H97NO7P+. The van der Waals surface area contributed by atoms with Crippen molar-refractivity contribution in [2.24, 2.45) is 0 Å². The third-order valence-electron chi connectivity index (χ3n) is 10.7. The first-order valence-electron chi connectivity index (χ1n) is 24.7. The molecule has 2 unspecified atom stereocenters. The Morgan fingerprint density at radius 2 is 0.932 bits per heavy atom. The van der Waals surface area contributed by atoms with Crippen molar-refractivity contribution >= 4 is 13.8 Å². The molecule has 0 bridgehead atoms. The van der Waals surface area contributed by atoms with E-state index in [0.29, 0.717) is 24.1 Å². The molecule has 0 aliphatic carbocycles. The van der Waals surface area contributed by atoms with Gasteiger partial charge in [0, 0.05) is 13.0 Å². The summed E-state index contributed by atoms with van der Waals surface area (Å²) < 4.78 is 35.1. The molecule has 0 rings (SSSR count). The number of hydrogen-bond acceptors (Lipinski definition) is 6. The average molecular weight is 855 g/mol. The summed E-state index contributed by atoms with van der Waals surface area (Å²) in [5.74, 6) is -0.322. The number of unbranched alkanes of at least 4 members (excludes halogenated alkanes) is 26. The third kappa shape index (κ3) is 47.6. The second-order valence-corrected chi connectivity index (χ2v) is 19.3. The number of nitrogens with zero attached hydrogens (tertiary/aromatic N) is 1. The fourth-order valence-corrected chi connectivity index (χ4v) is 7.56. The van der Waals surface area contributed by atoms with Crippen LogP contribution in [0.3, 0.4) is 0 Å². The van der Waals surface area contributed by atoms with E-state index in [1.807, 2.05) is 21.1 Å². The number of carbonyl (C=O) groups is 1. The molecule has 59 heavy (non-hydrogen) atoms. The van der Waals surface area contributed by atoms with E-state index in [1.165, 1.54) is 148 Å². The second-order valence-electron chi connectivity index (χ2n) is 17.8. The Hall–Kier alpha value is -1.28. The minimum absolute atomic E-state index is 0.0872. The van der Waals surface area contributed by atoms with Gasteiger partial charge in [0.05, 0.1) is 34.4 Å². The number of hydrogen-bond donors (Lipinski definition) is 1. The average Bonchev–Trinajstić information content (AvgIpc) is 3.19. The zero-order chi connectivity index (χ0) is 43.4. The summed E-state index contributed by atoms with van der Waals surface area (Å²) >= 11 is 0. The van der Waals surface area contributed by atoms with Gasteiger partial charge in [0.25, 0.3) is 0 Å². The van der Waals surface area contributed by atoms with Crippen molar-refractivity contribution in [1.82, 2.24) is 0 Å². The number of phosphoric acid groups is 1. The molecule has 0 heterocycles. The lowest BCUT2D eigenvalue weighted by molar-refractivity contribution is -0.870. The second kappa shape index (κ2) is 43.4. The van der Waals surface area contributed by atoms with E-state index >= 15 is 0 Å². The first-order chi connectivity index (χ1) is 28.6. The Morgan fingerprint density at radius 3 is 1.41 bits per heavy atom. The van der Waals surface area contributed by atoms with Gasteiger partial charge >= 0.3 is 13.8 Å². The highest BCUT2D eigenvalue weighted by molar-refractivity contribution is 7.47. The quantitative estimate of drug-likeness (QED) is 0.0214. The molecule has 0 amide bonds. The Labute approximate surface area is 365 Å². The van der Waals surface area contributed by atoms with Crippen molar-refractivity contribution in [1.29, 1.82) is 0 Å². The maximum atomic E-state index is 12.7. The smallest absolute Gasteiger partial charge is 0.457 e. The Morgan fingerprint density at radius 1 is 0.525 bits per heavy atom. The molecule has 0 saturated carbocycles. The van der Waals surface area contributed by atoms with E-state index in [2.05, 4.69) is 50.3 Å². The van der Waals surface area contributed by atoms with Crippen molar-refractivity contribution in [3.8, 4) is 0 Å². The summed E-state index contributed by atoms with van der Waals surface area (Å²) in [5, 5.41) is 0. The number of quaternary nitrogens is 1. The molecule has 0 aromatic rings. The SMILES string of the molecule is CCCCCC/C=C\CCCCCCCC(=O)OC(COCCCCCCCCCCCCCC/C=C\C/C=C\CCCCCCC)COP(=O)(O)OCC[N+](C)(C)C. The zero-order valence-electron chi connectivity index (χ0n) is 39.5. The minimum Gasteiger partial charge on any atom is -0.457 e. The molecule has 8 nitrogen and oxygen atoms in total. The van der Waals surface area contributed by atoms with E-state index in [1.54, 1.807) is 0 Å². The molecule has 0 spiro atoms. The zero-order valence-corrected chi connectivity index (χ0v) is 40.4. The van der Waals surface area contributed by atoms with Gasteiger partial charge in [-0.25, -0.2) is 4.57 Å². The van der Waals surface area contributed by atoms with Crippen LogP contribution >= 0.6 is 7.82 Å². The number of esters is 1. The largest absolute Gasteiger partial charge is 0.472 e. The fourth-order valence-electron chi connectivity index (χ4n) is 6.81. The van der Waals surface area contributed by atoms with Crippen LogP contribution in [0.25, 0.3) is 0 Å². The first-order valence-corrected chi connectivity index (χ1v) is 26.2. The molecule has 0 aliphatic rings. The lowest BCUT2D eigenvalue weighted by Gasteiger charge is -2.24. The monoisotopic (exact) mass is 855 g/mol. The van der Waals surface area contributed by atoms with Crippen LogP contribution in [0.1, 0.15) is 219 Å². The molecule has 0 fully saturated rings. The number of allylic oxidation sites excluding steroid dienone is 6. The number of likely N-dealkylation sites (N-methyl/N-ethyl adjacent to an activating group) is 1. The lowest BCUT2D eigenvalue weighted by Crippen LogP contribution is -2.37. The topological polar surface area (TPSA) is 91.3 Å². The summed E-state index contributed by atoms with van der Waals surface area (Å²) in [4.78, 5) is 22.9. The Kier molecular flexibility index (Phi) is 42.4. The summed E-state index contributed by atoms with van der Waals surface area (Å²) in [5.41, 5.74) is 0. The maximum absolute atomic E-state index is 12.7. The summed E-state index contributed by atoms with van der Waals surface area (Å²) in [7, 11) is 1.66. The van der Waals surface area contributed by atoms with Crippen LogP contribution in [-0.4, -0.2) is 75.6 Å². The highest BCUT2D eigenvalue weighted by Gasteiger charge is 2.26. The molecule has 348 valence electrons. The number of carbonyl (C=O) groups excluding carboxylic acids is 1. The van der Waals surface area contributed by atoms with E-state index in [0.717, 1.165) is 51.4 Å². The number of ether oxygens (including phenoxy) is 2. The predicted molar refractivity (Wildman–Crippen MR) is 252 cm³/mol. The minimum atomic E-state index is -4.28. The van der Waals surface area contributed by atoms with E-state index < -0.39 is 13.9 Å². The van der Waals surface area contributed by atoms with E-state index in [9.17, 15) is 14.3 Å². The van der Waals surface area contributed by atoms with Gasteiger partial charge in [0.2, 0.25) is 0 Å². The van der Waals surface area contributed by atoms with E-state index in [4.69, 9.17) is 18.5 Å². The Bertz CT molecular complexity index is 1040. The normalized spacial score (nSPS) is 13.9. The molecule has 0 aromatic heterocycles. The van der Waals surface area contributed by atoms with Crippen molar-refractivity contribution in [2.45, 2.75) is 225 Å². The van der Waals surface area contributed by atoms with Gasteiger partial charge in [0.1, 0.15) is 19.3 Å². The van der Waals surface area contributed by atoms with Gasteiger partial charge in [0.15, 0.2) is 0 Å². The van der Waals surface area contributed by atoms with Gasteiger partial charge in [-0.15, -0.1) is 0 Å². The van der Waals surface area contributed by atoms with Crippen LogP contribution in [0.5, 0.6) is 0 Å². The number of rotatable bonds is 46.